The molecule has 0 aliphatic rings. The van der Waals surface area contributed by atoms with Crippen LogP contribution in [0.25, 0.3) is 0 Å². The molecule has 0 aliphatic heterocycles. The topological polar surface area (TPSA) is 89.0 Å². The minimum atomic E-state index is -0.831. The number of aryl methyl sites for hydroxylation is 1. The number of ether oxygens (including phenoxy) is 2. The maximum Gasteiger partial charge on any atom is 0.262 e. The number of carbonyl (C=O) groups is 2. The molecule has 1 atom stereocenters. The van der Waals surface area contributed by atoms with Gasteiger partial charge in [-0.05, 0) is 67.3 Å². The zero-order chi connectivity index (χ0) is 27.7. The third-order valence-corrected chi connectivity index (χ3v) is 6.13. The Morgan fingerprint density at radius 3 is 2.37 bits per heavy atom. The standard InChI is InChI=1S/C29H31Cl2N3O4/c1-5-37-26-14-21(10-13-25(26)38-17-20-8-6-19(4)7-9-20)16-32-34-29(36)27(18(2)3)33-28(35)23-12-11-22(30)15-24(23)31/h6-16,18,27H,5,17H2,1-4H3,(H,33,35)(H,34,36)/b32-16-. The molecule has 2 amide bonds. The largest absolute Gasteiger partial charge is 0.490 e. The second-order valence-corrected chi connectivity index (χ2v) is 9.81. The van der Waals surface area contributed by atoms with Gasteiger partial charge >= 0.3 is 0 Å². The number of hydrogen-bond donors (Lipinski definition) is 2. The number of hydrazone groups is 1. The molecule has 3 aromatic rings. The van der Waals surface area contributed by atoms with Crippen molar-refractivity contribution in [3.05, 3.63) is 93.0 Å². The van der Waals surface area contributed by atoms with E-state index in [0.717, 1.165) is 5.56 Å². The van der Waals surface area contributed by atoms with Crippen LogP contribution in [0.4, 0.5) is 0 Å². The van der Waals surface area contributed by atoms with E-state index in [9.17, 15) is 9.59 Å². The van der Waals surface area contributed by atoms with Crippen molar-refractivity contribution in [1.29, 1.82) is 0 Å². The predicted octanol–water partition coefficient (Wildman–Crippen LogP) is 6.18. The molecule has 7 nitrogen and oxygen atoms in total. The summed E-state index contributed by atoms with van der Waals surface area (Å²) < 4.78 is 11.7. The van der Waals surface area contributed by atoms with Crippen molar-refractivity contribution >= 4 is 41.2 Å². The van der Waals surface area contributed by atoms with Gasteiger partial charge in [-0.2, -0.15) is 5.10 Å². The minimum Gasteiger partial charge on any atom is -0.490 e. The molecule has 0 aliphatic carbocycles. The smallest absolute Gasteiger partial charge is 0.262 e. The Labute approximate surface area is 233 Å². The van der Waals surface area contributed by atoms with Crippen LogP contribution in [0, 0.1) is 12.8 Å². The van der Waals surface area contributed by atoms with Crippen LogP contribution in [-0.4, -0.2) is 30.7 Å². The van der Waals surface area contributed by atoms with E-state index in [1.54, 1.807) is 18.2 Å². The quantitative estimate of drug-likeness (QED) is 0.218. The molecule has 38 heavy (non-hydrogen) atoms. The highest BCUT2D eigenvalue weighted by Crippen LogP contribution is 2.29. The number of amides is 2. The highest BCUT2D eigenvalue weighted by atomic mass is 35.5. The van der Waals surface area contributed by atoms with Crippen molar-refractivity contribution < 1.29 is 19.1 Å². The number of nitrogens with one attached hydrogen (secondary N) is 2. The molecule has 0 radical (unpaired) electrons. The zero-order valence-electron chi connectivity index (χ0n) is 21.8. The van der Waals surface area contributed by atoms with E-state index in [0.29, 0.717) is 35.3 Å². The van der Waals surface area contributed by atoms with Crippen molar-refractivity contribution in [2.24, 2.45) is 11.0 Å². The van der Waals surface area contributed by atoms with Gasteiger partial charge in [-0.3, -0.25) is 9.59 Å². The van der Waals surface area contributed by atoms with Crippen LogP contribution in [-0.2, 0) is 11.4 Å². The number of halogens is 2. The molecule has 0 saturated carbocycles. The van der Waals surface area contributed by atoms with E-state index in [1.165, 1.54) is 23.9 Å². The van der Waals surface area contributed by atoms with Gasteiger partial charge < -0.3 is 14.8 Å². The Hall–Kier alpha value is -3.55. The van der Waals surface area contributed by atoms with E-state index in [-0.39, 0.29) is 16.5 Å². The highest BCUT2D eigenvalue weighted by molar-refractivity contribution is 6.36. The van der Waals surface area contributed by atoms with Gasteiger partial charge in [0, 0.05) is 5.02 Å². The fraction of sp³-hybridized carbons (Fsp3) is 0.276. The normalized spacial score (nSPS) is 11.9. The Morgan fingerprint density at radius 1 is 0.974 bits per heavy atom. The van der Waals surface area contributed by atoms with Crippen molar-refractivity contribution in [3.8, 4) is 11.5 Å². The average Bonchev–Trinajstić information content (AvgIpc) is 2.87. The second-order valence-electron chi connectivity index (χ2n) is 8.97. The molecule has 9 heteroatoms. The molecule has 0 heterocycles. The fourth-order valence-electron chi connectivity index (χ4n) is 3.51. The number of hydrogen-bond acceptors (Lipinski definition) is 5. The number of nitrogens with zero attached hydrogens (tertiary/aromatic N) is 1. The summed E-state index contributed by atoms with van der Waals surface area (Å²) in [6, 6.07) is 17.2. The van der Waals surface area contributed by atoms with Gasteiger partial charge in [0.25, 0.3) is 11.8 Å². The van der Waals surface area contributed by atoms with Gasteiger partial charge in [-0.1, -0.05) is 66.9 Å². The van der Waals surface area contributed by atoms with Gasteiger partial charge in [0.2, 0.25) is 0 Å². The van der Waals surface area contributed by atoms with Crippen LogP contribution >= 0.6 is 23.2 Å². The molecule has 0 aromatic heterocycles. The van der Waals surface area contributed by atoms with Crippen LogP contribution in [0.1, 0.15) is 47.8 Å². The third-order valence-electron chi connectivity index (χ3n) is 5.58. The molecule has 1 unspecified atom stereocenters. The van der Waals surface area contributed by atoms with Crippen molar-refractivity contribution in [3.63, 3.8) is 0 Å². The maximum absolute atomic E-state index is 12.8. The molecular weight excluding hydrogens is 525 g/mol. The van der Waals surface area contributed by atoms with Gasteiger partial charge in [-0.25, -0.2) is 5.43 Å². The van der Waals surface area contributed by atoms with Crippen molar-refractivity contribution in [2.45, 2.75) is 40.3 Å². The fourth-order valence-corrected chi connectivity index (χ4v) is 4.00. The first-order chi connectivity index (χ1) is 18.2. The Morgan fingerprint density at radius 2 is 1.71 bits per heavy atom. The lowest BCUT2D eigenvalue weighted by molar-refractivity contribution is -0.123. The number of rotatable bonds is 11. The van der Waals surface area contributed by atoms with E-state index in [2.05, 4.69) is 15.8 Å². The summed E-state index contributed by atoms with van der Waals surface area (Å²) in [5, 5.41) is 7.40. The first kappa shape index (κ1) is 29.0. The first-order valence-corrected chi connectivity index (χ1v) is 13.0. The van der Waals surface area contributed by atoms with Gasteiger partial charge in [-0.15, -0.1) is 0 Å². The van der Waals surface area contributed by atoms with Crippen LogP contribution < -0.4 is 20.2 Å². The Kier molecular flexibility index (Phi) is 10.6. The summed E-state index contributed by atoms with van der Waals surface area (Å²) >= 11 is 12.0. The second kappa shape index (κ2) is 13.8. The molecule has 0 fully saturated rings. The van der Waals surface area contributed by atoms with Gasteiger partial charge in [0.05, 0.1) is 23.4 Å². The zero-order valence-corrected chi connectivity index (χ0v) is 23.3. The predicted molar refractivity (Wildman–Crippen MR) is 151 cm³/mol. The van der Waals surface area contributed by atoms with E-state index >= 15 is 0 Å². The molecule has 0 bridgehead atoms. The van der Waals surface area contributed by atoms with E-state index < -0.39 is 17.9 Å². The summed E-state index contributed by atoms with van der Waals surface area (Å²) in [5.74, 6) is 0.0405. The van der Waals surface area contributed by atoms with Crippen molar-refractivity contribution in [1.82, 2.24) is 10.7 Å². The number of carbonyl (C=O) groups excluding carboxylic acids is 2. The summed E-state index contributed by atoms with van der Waals surface area (Å²) in [6.07, 6.45) is 1.50. The molecule has 0 spiro atoms. The summed E-state index contributed by atoms with van der Waals surface area (Å²) in [4.78, 5) is 25.5. The monoisotopic (exact) mass is 555 g/mol. The first-order valence-electron chi connectivity index (χ1n) is 12.2. The summed E-state index contributed by atoms with van der Waals surface area (Å²) in [7, 11) is 0. The van der Waals surface area contributed by atoms with Gasteiger partial charge in [0.15, 0.2) is 11.5 Å². The molecule has 3 rings (SSSR count). The van der Waals surface area contributed by atoms with E-state index in [4.69, 9.17) is 32.7 Å². The Bertz CT molecular complexity index is 1290. The molecule has 0 saturated heterocycles. The molecular formula is C29H31Cl2N3O4. The SMILES string of the molecule is CCOc1cc(/C=N\NC(=O)C(NC(=O)c2ccc(Cl)cc2Cl)C(C)C)ccc1OCc1ccc(C)cc1. The van der Waals surface area contributed by atoms with Crippen LogP contribution in [0.5, 0.6) is 11.5 Å². The molecule has 200 valence electrons. The summed E-state index contributed by atoms with van der Waals surface area (Å²) in [5.41, 5.74) is 5.67. The van der Waals surface area contributed by atoms with Crippen LogP contribution in [0.3, 0.4) is 0 Å². The molecule has 2 N–H and O–H groups in total. The number of benzene rings is 3. The third kappa shape index (κ3) is 8.23. The highest BCUT2D eigenvalue weighted by Gasteiger charge is 2.25. The Balaban J connectivity index is 1.64. The lowest BCUT2D eigenvalue weighted by Crippen LogP contribution is -2.48. The van der Waals surface area contributed by atoms with E-state index in [1.807, 2.05) is 58.0 Å². The minimum absolute atomic E-state index is 0.199. The van der Waals surface area contributed by atoms with Gasteiger partial charge in [0.1, 0.15) is 12.6 Å². The van der Waals surface area contributed by atoms with Crippen LogP contribution in [0.15, 0.2) is 65.8 Å². The summed E-state index contributed by atoms with van der Waals surface area (Å²) in [6.45, 7) is 8.45. The lowest BCUT2D eigenvalue weighted by Gasteiger charge is -2.20. The lowest BCUT2D eigenvalue weighted by atomic mass is 10.0. The average molecular weight is 556 g/mol. The maximum atomic E-state index is 12.8. The van der Waals surface area contributed by atoms with Crippen molar-refractivity contribution in [2.75, 3.05) is 6.61 Å². The molecule has 3 aromatic carbocycles. The van der Waals surface area contributed by atoms with Crippen LogP contribution in [0.2, 0.25) is 10.0 Å².